The number of nitrogens with one attached hydrogen (secondary N) is 2. The molecule has 28 heavy (non-hydrogen) atoms. The van der Waals surface area contributed by atoms with Crippen molar-refractivity contribution < 1.29 is 19.1 Å². The Morgan fingerprint density at radius 2 is 1.68 bits per heavy atom. The van der Waals surface area contributed by atoms with E-state index in [1.54, 1.807) is 26.8 Å². The van der Waals surface area contributed by atoms with Crippen molar-refractivity contribution in [2.45, 2.75) is 77.4 Å². The predicted molar refractivity (Wildman–Crippen MR) is 108 cm³/mol. The number of amides is 3. The summed E-state index contributed by atoms with van der Waals surface area (Å²) < 4.78 is 5.10. The van der Waals surface area contributed by atoms with E-state index in [1.165, 1.54) is 32.1 Å². The number of carbonyl (C=O) groups is 3. The van der Waals surface area contributed by atoms with Gasteiger partial charge in [0.05, 0.1) is 0 Å². The minimum atomic E-state index is -0.604. The number of likely N-dealkylation sites (tertiary alicyclic amines) is 1. The number of nitrogens with zero attached hydrogens (tertiary/aromatic N) is 1. The molecule has 2 aliphatic rings. The van der Waals surface area contributed by atoms with Crippen LogP contribution in [0, 0.1) is 5.92 Å². The van der Waals surface area contributed by atoms with E-state index in [0.29, 0.717) is 19.0 Å². The van der Waals surface area contributed by atoms with E-state index >= 15 is 0 Å². The van der Waals surface area contributed by atoms with Crippen LogP contribution in [0.15, 0.2) is 12.2 Å². The highest BCUT2D eigenvalue weighted by Gasteiger charge is 2.23. The Kier molecular flexibility index (Phi) is 8.33. The lowest BCUT2D eigenvalue weighted by molar-refractivity contribution is -0.127. The summed E-state index contributed by atoms with van der Waals surface area (Å²) in [6, 6.07) is 0.0271. The summed E-state index contributed by atoms with van der Waals surface area (Å²) >= 11 is 0. The van der Waals surface area contributed by atoms with Gasteiger partial charge < -0.3 is 20.3 Å². The summed E-state index contributed by atoms with van der Waals surface area (Å²) in [6.07, 6.45) is 10.9. The fourth-order valence-electron chi connectivity index (χ4n) is 3.64. The number of alkyl carbamates (subject to hydrolysis) is 1. The third-order valence-electron chi connectivity index (χ3n) is 5.12. The first-order chi connectivity index (χ1) is 13.2. The molecule has 1 heterocycles. The Labute approximate surface area is 168 Å². The summed E-state index contributed by atoms with van der Waals surface area (Å²) in [5.74, 6) is 0.377. The van der Waals surface area contributed by atoms with Crippen LogP contribution in [-0.4, -0.2) is 54.1 Å². The van der Waals surface area contributed by atoms with Gasteiger partial charge in [-0.2, -0.15) is 0 Å². The highest BCUT2D eigenvalue weighted by Crippen LogP contribution is 2.24. The zero-order valence-corrected chi connectivity index (χ0v) is 17.5. The SMILES string of the molecule is CC(C)(C)OC(=O)NCC(=O)NC1CCN(C(=O)/C=C/C2CCCCC2)CC1. The summed E-state index contributed by atoms with van der Waals surface area (Å²) in [7, 11) is 0. The number of hydrogen-bond donors (Lipinski definition) is 2. The Morgan fingerprint density at radius 3 is 2.29 bits per heavy atom. The van der Waals surface area contributed by atoms with E-state index in [9.17, 15) is 14.4 Å². The maximum atomic E-state index is 12.4. The summed E-state index contributed by atoms with van der Waals surface area (Å²) in [5.41, 5.74) is -0.592. The molecule has 0 bridgehead atoms. The van der Waals surface area contributed by atoms with Crippen molar-refractivity contribution in [3.63, 3.8) is 0 Å². The molecule has 2 rings (SSSR count). The van der Waals surface area contributed by atoms with Crippen molar-refractivity contribution in [3.8, 4) is 0 Å². The van der Waals surface area contributed by atoms with E-state index in [0.717, 1.165) is 12.8 Å². The first-order valence-electron chi connectivity index (χ1n) is 10.5. The molecule has 2 fully saturated rings. The van der Waals surface area contributed by atoms with Gasteiger partial charge in [-0.05, 0) is 58.4 Å². The fourth-order valence-corrected chi connectivity index (χ4v) is 3.64. The van der Waals surface area contributed by atoms with Gasteiger partial charge in [0.25, 0.3) is 0 Å². The van der Waals surface area contributed by atoms with Gasteiger partial charge >= 0.3 is 6.09 Å². The van der Waals surface area contributed by atoms with Crippen molar-refractivity contribution in [2.75, 3.05) is 19.6 Å². The van der Waals surface area contributed by atoms with Crippen LogP contribution in [0.5, 0.6) is 0 Å². The van der Waals surface area contributed by atoms with Crippen LogP contribution in [0.4, 0.5) is 4.79 Å². The van der Waals surface area contributed by atoms with E-state index in [-0.39, 0.29) is 24.4 Å². The maximum Gasteiger partial charge on any atom is 0.408 e. The summed E-state index contributed by atoms with van der Waals surface area (Å²) in [4.78, 5) is 37.8. The van der Waals surface area contributed by atoms with Gasteiger partial charge in [0.2, 0.25) is 11.8 Å². The number of ether oxygens (including phenoxy) is 1. The molecular formula is C21H35N3O4. The van der Waals surface area contributed by atoms with Crippen LogP contribution in [0.25, 0.3) is 0 Å². The van der Waals surface area contributed by atoms with Gasteiger partial charge in [0.15, 0.2) is 0 Å². The summed E-state index contributed by atoms with van der Waals surface area (Å²) in [5, 5.41) is 5.37. The van der Waals surface area contributed by atoms with E-state index in [2.05, 4.69) is 16.7 Å². The van der Waals surface area contributed by atoms with Crippen molar-refractivity contribution >= 4 is 17.9 Å². The number of allylic oxidation sites excluding steroid dienone is 1. The van der Waals surface area contributed by atoms with Gasteiger partial charge in [-0.3, -0.25) is 9.59 Å². The normalized spacial score (nSPS) is 19.5. The Hall–Kier alpha value is -2.05. The molecule has 0 aromatic rings. The minimum absolute atomic E-state index is 0.0271. The van der Waals surface area contributed by atoms with E-state index in [1.807, 2.05) is 4.90 Å². The molecule has 7 heteroatoms. The number of carbonyl (C=O) groups excluding carboxylic acids is 3. The van der Waals surface area contributed by atoms with Gasteiger partial charge in [-0.15, -0.1) is 0 Å². The first-order valence-corrected chi connectivity index (χ1v) is 10.5. The molecular weight excluding hydrogens is 358 g/mol. The van der Waals surface area contributed by atoms with Crippen LogP contribution < -0.4 is 10.6 Å². The lowest BCUT2D eigenvalue weighted by Gasteiger charge is -2.32. The van der Waals surface area contributed by atoms with Crippen LogP contribution in [0.2, 0.25) is 0 Å². The molecule has 0 aromatic heterocycles. The van der Waals surface area contributed by atoms with Gasteiger partial charge in [-0.25, -0.2) is 4.79 Å². The highest BCUT2D eigenvalue weighted by molar-refractivity contribution is 5.87. The molecule has 7 nitrogen and oxygen atoms in total. The maximum absolute atomic E-state index is 12.4. The first kappa shape index (κ1) is 22.2. The smallest absolute Gasteiger partial charge is 0.408 e. The Bertz CT molecular complexity index is 569. The Balaban J connectivity index is 1.64. The largest absolute Gasteiger partial charge is 0.444 e. The van der Waals surface area contributed by atoms with Crippen molar-refractivity contribution in [1.29, 1.82) is 0 Å². The van der Waals surface area contributed by atoms with Crippen LogP contribution in [0.3, 0.4) is 0 Å². The van der Waals surface area contributed by atoms with Crippen LogP contribution in [-0.2, 0) is 14.3 Å². The van der Waals surface area contributed by atoms with Crippen LogP contribution >= 0.6 is 0 Å². The fraction of sp³-hybridized carbons (Fsp3) is 0.762. The molecule has 0 atom stereocenters. The monoisotopic (exact) mass is 393 g/mol. The van der Waals surface area contributed by atoms with E-state index in [4.69, 9.17) is 4.74 Å². The standard InChI is InChI=1S/C21H35N3O4/c1-21(2,3)28-20(27)22-15-18(25)23-17-11-13-24(14-12-17)19(26)10-9-16-7-5-4-6-8-16/h9-10,16-17H,4-8,11-15H2,1-3H3,(H,22,27)(H,23,25)/b10-9+. The second kappa shape index (κ2) is 10.5. The lowest BCUT2D eigenvalue weighted by Crippen LogP contribution is -2.48. The average Bonchev–Trinajstić information content (AvgIpc) is 2.64. The second-order valence-electron chi connectivity index (χ2n) is 8.78. The molecule has 1 aliphatic heterocycles. The third-order valence-corrected chi connectivity index (χ3v) is 5.12. The molecule has 158 valence electrons. The number of rotatable bonds is 5. The molecule has 2 N–H and O–H groups in total. The lowest BCUT2D eigenvalue weighted by atomic mass is 9.89. The molecule has 1 aliphatic carbocycles. The topological polar surface area (TPSA) is 87.7 Å². The molecule has 1 saturated heterocycles. The second-order valence-corrected chi connectivity index (χ2v) is 8.78. The van der Waals surface area contributed by atoms with Crippen molar-refractivity contribution in [1.82, 2.24) is 15.5 Å². The number of piperidine rings is 1. The quantitative estimate of drug-likeness (QED) is 0.703. The van der Waals surface area contributed by atoms with E-state index < -0.39 is 11.7 Å². The molecule has 0 unspecified atom stereocenters. The average molecular weight is 394 g/mol. The van der Waals surface area contributed by atoms with Crippen molar-refractivity contribution in [3.05, 3.63) is 12.2 Å². The van der Waals surface area contributed by atoms with Gasteiger partial charge in [-0.1, -0.05) is 25.3 Å². The Morgan fingerprint density at radius 1 is 1.04 bits per heavy atom. The molecule has 0 radical (unpaired) electrons. The van der Waals surface area contributed by atoms with Gasteiger partial charge in [0, 0.05) is 19.1 Å². The molecule has 0 spiro atoms. The van der Waals surface area contributed by atoms with Crippen molar-refractivity contribution in [2.24, 2.45) is 5.92 Å². The summed E-state index contributed by atoms with van der Waals surface area (Å²) in [6.45, 7) is 6.47. The number of hydrogen-bond acceptors (Lipinski definition) is 4. The molecule has 1 saturated carbocycles. The van der Waals surface area contributed by atoms with Crippen LogP contribution in [0.1, 0.15) is 65.7 Å². The molecule has 0 aromatic carbocycles. The minimum Gasteiger partial charge on any atom is -0.444 e. The van der Waals surface area contributed by atoms with Gasteiger partial charge in [0.1, 0.15) is 12.1 Å². The molecule has 3 amide bonds. The zero-order chi connectivity index (χ0) is 20.6. The third kappa shape index (κ3) is 8.31. The highest BCUT2D eigenvalue weighted by atomic mass is 16.6. The zero-order valence-electron chi connectivity index (χ0n) is 17.5. The predicted octanol–water partition coefficient (Wildman–Crippen LogP) is 2.75.